The predicted molar refractivity (Wildman–Crippen MR) is 134 cm³/mol. The van der Waals surface area contributed by atoms with Gasteiger partial charge in [-0.1, -0.05) is 11.8 Å². The molecule has 2 aliphatic heterocycles. The fourth-order valence-electron chi connectivity index (χ4n) is 4.63. The van der Waals surface area contributed by atoms with E-state index in [4.69, 9.17) is 19.8 Å². The van der Waals surface area contributed by atoms with Crippen molar-refractivity contribution >= 4 is 22.7 Å². The molecule has 0 spiro atoms. The Morgan fingerprint density at radius 3 is 2.58 bits per heavy atom. The largest absolute Gasteiger partial charge is 0.495 e. The molecule has 178 valence electrons. The van der Waals surface area contributed by atoms with Gasteiger partial charge in [0, 0.05) is 31.1 Å². The number of benzene rings is 1. The summed E-state index contributed by atoms with van der Waals surface area (Å²) in [6.07, 6.45) is 7.67. The zero-order chi connectivity index (χ0) is 23.0. The maximum Gasteiger partial charge on any atom is 0.227 e. The third kappa shape index (κ3) is 6.07. The summed E-state index contributed by atoms with van der Waals surface area (Å²) in [5.74, 6) is 9.05. The predicted octanol–water partition coefficient (Wildman–Crippen LogP) is 3.65. The van der Waals surface area contributed by atoms with E-state index in [2.05, 4.69) is 33.9 Å². The van der Waals surface area contributed by atoms with Gasteiger partial charge in [-0.3, -0.25) is 4.90 Å². The molecule has 2 N–H and O–H groups in total. The molecule has 7 heteroatoms. The second kappa shape index (κ2) is 11.5. The number of nitrogens with one attached hydrogen (secondary N) is 1. The standard InChI is InChI=1S/C26H37N5O2/c1-20(10-3-8-17-32)27-25-22-19-24(33-2)21(11-9-14-30-12-4-5-13-30)18-23(22)28-26(29-25)31-15-6-7-16-31/h18-20,32H,3-8,10,12-17H2,1-2H3,(H,27,28,29)/t20-/m1/s1. The van der Waals surface area contributed by atoms with Crippen LogP contribution in [0, 0.1) is 11.8 Å². The second-order valence-corrected chi connectivity index (χ2v) is 9.19. The van der Waals surface area contributed by atoms with Gasteiger partial charge in [0.2, 0.25) is 5.95 Å². The van der Waals surface area contributed by atoms with E-state index in [1.54, 1.807) is 7.11 Å². The van der Waals surface area contributed by atoms with Crippen molar-refractivity contribution in [1.82, 2.24) is 14.9 Å². The lowest BCUT2D eigenvalue weighted by atomic mass is 10.1. The van der Waals surface area contributed by atoms with E-state index in [0.717, 1.165) is 86.0 Å². The molecule has 2 aromatic rings. The Hall–Kier alpha value is -2.56. The smallest absolute Gasteiger partial charge is 0.227 e. The van der Waals surface area contributed by atoms with Crippen LogP contribution in [-0.2, 0) is 0 Å². The minimum absolute atomic E-state index is 0.237. The maximum absolute atomic E-state index is 9.10. The number of likely N-dealkylation sites (tertiary alicyclic amines) is 1. The lowest BCUT2D eigenvalue weighted by Gasteiger charge is -2.21. The molecule has 1 aromatic heterocycles. The molecule has 1 atom stereocenters. The lowest BCUT2D eigenvalue weighted by molar-refractivity contribution is 0.282. The van der Waals surface area contributed by atoms with Crippen molar-refractivity contribution in [3.63, 3.8) is 0 Å². The van der Waals surface area contributed by atoms with E-state index < -0.39 is 0 Å². The molecule has 0 bridgehead atoms. The molecular weight excluding hydrogens is 414 g/mol. The molecule has 1 aromatic carbocycles. The number of methoxy groups -OCH3 is 1. The van der Waals surface area contributed by atoms with Gasteiger partial charge >= 0.3 is 0 Å². The SMILES string of the molecule is COc1cc2c(N[C@H](C)CCCCO)nc(N3CCCC3)nc2cc1C#CCN1CCCC1. The number of aliphatic hydroxyl groups excluding tert-OH is 1. The van der Waals surface area contributed by atoms with Crippen LogP contribution >= 0.6 is 0 Å². The number of unbranched alkanes of at least 4 members (excludes halogenated alkanes) is 1. The van der Waals surface area contributed by atoms with Gasteiger partial charge < -0.3 is 20.1 Å². The Balaban J connectivity index is 1.66. The normalized spacial score (nSPS) is 17.2. The highest BCUT2D eigenvalue weighted by atomic mass is 16.5. The van der Waals surface area contributed by atoms with E-state index in [1.165, 1.54) is 25.7 Å². The molecule has 3 heterocycles. The molecule has 4 rings (SSSR count). The number of ether oxygens (including phenoxy) is 1. The Bertz CT molecular complexity index is 988. The first-order valence-corrected chi connectivity index (χ1v) is 12.4. The first kappa shape index (κ1) is 23.6. The Kier molecular flexibility index (Phi) is 8.25. The Morgan fingerprint density at radius 1 is 1.09 bits per heavy atom. The minimum atomic E-state index is 0.237. The van der Waals surface area contributed by atoms with Crippen LogP contribution in [0.3, 0.4) is 0 Å². The van der Waals surface area contributed by atoms with Crippen LogP contribution in [0.4, 0.5) is 11.8 Å². The third-order valence-corrected chi connectivity index (χ3v) is 6.55. The molecule has 0 radical (unpaired) electrons. The number of anilines is 2. The van der Waals surface area contributed by atoms with Crippen molar-refractivity contribution in [2.45, 2.75) is 57.9 Å². The van der Waals surface area contributed by atoms with Crippen LogP contribution in [0.2, 0.25) is 0 Å². The quantitative estimate of drug-likeness (QED) is 0.445. The highest BCUT2D eigenvalue weighted by molar-refractivity contribution is 5.92. The van der Waals surface area contributed by atoms with Gasteiger partial charge in [-0.15, -0.1) is 0 Å². The fourth-order valence-corrected chi connectivity index (χ4v) is 4.63. The van der Waals surface area contributed by atoms with Gasteiger partial charge in [-0.05, 0) is 77.1 Å². The van der Waals surface area contributed by atoms with Crippen LogP contribution in [-0.4, -0.2) is 72.5 Å². The van der Waals surface area contributed by atoms with Crippen LogP contribution in [0.5, 0.6) is 5.75 Å². The van der Waals surface area contributed by atoms with E-state index in [0.29, 0.717) is 0 Å². The number of aliphatic hydroxyl groups is 1. The number of hydrogen-bond acceptors (Lipinski definition) is 7. The molecule has 2 aliphatic rings. The summed E-state index contributed by atoms with van der Waals surface area (Å²) in [5, 5.41) is 13.7. The first-order valence-electron chi connectivity index (χ1n) is 12.4. The number of rotatable bonds is 9. The van der Waals surface area contributed by atoms with Crippen LogP contribution in [0.15, 0.2) is 12.1 Å². The molecule has 0 saturated carbocycles. The van der Waals surface area contributed by atoms with Crippen LogP contribution in [0.1, 0.15) is 57.4 Å². The van der Waals surface area contributed by atoms with Crippen molar-refractivity contribution in [3.8, 4) is 17.6 Å². The molecule has 0 amide bonds. The number of hydrogen-bond donors (Lipinski definition) is 2. The summed E-state index contributed by atoms with van der Waals surface area (Å²) in [5.41, 5.74) is 1.76. The summed E-state index contributed by atoms with van der Waals surface area (Å²) < 4.78 is 5.71. The summed E-state index contributed by atoms with van der Waals surface area (Å²) >= 11 is 0. The minimum Gasteiger partial charge on any atom is -0.495 e. The molecule has 7 nitrogen and oxygen atoms in total. The molecular formula is C26H37N5O2. The van der Waals surface area contributed by atoms with Gasteiger partial charge in [0.05, 0.1) is 24.7 Å². The molecule has 2 fully saturated rings. The van der Waals surface area contributed by atoms with Crippen molar-refractivity contribution in [1.29, 1.82) is 0 Å². The first-order chi connectivity index (χ1) is 16.2. The van der Waals surface area contributed by atoms with E-state index in [1.807, 2.05) is 12.1 Å². The van der Waals surface area contributed by atoms with Crippen molar-refractivity contribution < 1.29 is 9.84 Å². The van der Waals surface area contributed by atoms with Crippen molar-refractivity contribution in [2.24, 2.45) is 0 Å². The Labute approximate surface area is 197 Å². The van der Waals surface area contributed by atoms with Gasteiger partial charge in [0.15, 0.2) is 0 Å². The van der Waals surface area contributed by atoms with E-state index in [-0.39, 0.29) is 12.6 Å². The van der Waals surface area contributed by atoms with Gasteiger partial charge in [0.25, 0.3) is 0 Å². The van der Waals surface area contributed by atoms with Crippen molar-refractivity contribution in [3.05, 3.63) is 17.7 Å². The average Bonchev–Trinajstić information content (AvgIpc) is 3.53. The number of fused-ring (bicyclic) bond motifs is 1. The lowest BCUT2D eigenvalue weighted by Crippen LogP contribution is -2.22. The molecule has 33 heavy (non-hydrogen) atoms. The molecule has 0 unspecified atom stereocenters. The van der Waals surface area contributed by atoms with Gasteiger partial charge in [0.1, 0.15) is 11.6 Å². The summed E-state index contributed by atoms with van der Waals surface area (Å²) in [6.45, 7) is 7.47. The summed E-state index contributed by atoms with van der Waals surface area (Å²) in [4.78, 5) is 14.5. The zero-order valence-electron chi connectivity index (χ0n) is 20.1. The highest BCUT2D eigenvalue weighted by Gasteiger charge is 2.19. The maximum atomic E-state index is 9.10. The zero-order valence-corrected chi connectivity index (χ0v) is 20.1. The molecule has 0 aliphatic carbocycles. The van der Waals surface area contributed by atoms with E-state index in [9.17, 15) is 0 Å². The third-order valence-electron chi connectivity index (χ3n) is 6.55. The Morgan fingerprint density at radius 2 is 1.85 bits per heavy atom. The number of nitrogens with zero attached hydrogens (tertiary/aromatic N) is 4. The average molecular weight is 452 g/mol. The monoisotopic (exact) mass is 451 g/mol. The van der Waals surface area contributed by atoms with Gasteiger partial charge in [-0.2, -0.15) is 4.98 Å². The molecule has 2 saturated heterocycles. The van der Waals surface area contributed by atoms with E-state index >= 15 is 0 Å². The summed E-state index contributed by atoms with van der Waals surface area (Å²) in [6, 6.07) is 4.31. The summed E-state index contributed by atoms with van der Waals surface area (Å²) in [7, 11) is 1.69. The highest BCUT2D eigenvalue weighted by Crippen LogP contribution is 2.31. The van der Waals surface area contributed by atoms with Crippen LogP contribution in [0.25, 0.3) is 10.9 Å². The van der Waals surface area contributed by atoms with Gasteiger partial charge in [-0.25, -0.2) is 4.98 Å². The van der Waals surface area contributed by atoms with Crippen molar-refractivity contribution in [2.75, 3.05) is 56.7 Å². The van der Waals surface area contributed by atoms with Crippen LogP contribution < -0.4 is 15.0 Å². The fraction of sp³-hybridized carbons (Fsp3) is 0.615. The second-order valence-electron chi connectivity index (χ2n) is 9.19. The number of aromatic nitrogens is 2. The topological polar surface area (TPSA) is 73.7 Å².